The van der Waals surface area contributed by atoms with E-state index in [1.165, 1.54) is 0 Å². The van der Waals surface area contributed by atoms with E-state index in [0.29, 0.717) is 43.5 Å². The summed E-state index contributed by atoms with van der Waals surface area (Å²) in [6.45, 7) is 4.03. The van der Waals surface area contributed by atoms with Crippen molar-refractivity contribution in [2.75, 3.05) is 26.8 Å². The molecule has 2 aromatic heterocycles. The van der Waals surface area contributed by atoms with E-state index in [0.717, 1.165) is 18.5 Å². The van der Waals surface area contributed by atoms with Crippen molar-refractivity contribution in [2.24, 2.45) is 0 Å². The number of H-pyrrole nitrogens is 1. The lowest BCUT2D eigenvalue weighted by Gasteiger charge is -2.31. The molecule has 1 fully saturated rings. The molecule has 0 atom stereocenters. The maximum atomic E-state index is 12.3. The molecule has 1 aliphatic heterocycles. The highest BCUT2D eigenvalue weighted by Crippen LogP contribution is 2.17. The Hall–Kier alpha value is -2.26. The number of hydrogen-bond acceptors (Lipinski definition) is 7. The van der Waals surface area contributed by atoms with Gasteiger partial charge < -0.3 is 18.9 Å². The molecule has 1 N–H and O–H groups in total. The smallest absolute Gasteiger partial charge is 0.274 e. The van der Waals surface area contributed by atoms with Crippen molar-refractivity contribution in [1.29, 1.82) is 0 Å². The average Bonchev–Trinajstić information content (AvgIpc) is 3.27. The molecule has 0 radical (unpaired) electrons. The van der Waals surface area contributed by atoms with Crippen LogP contribution in [0.4, 0.5) is 0 Å². The van der Waals surface area contributed by atoms with Gasteiger partial charge in [0.15, 0.2) is 5.82 Å². The van der Waals surface area contributed by atoms with Crippen molar-refractivity contribution in [3.8, 4) is 0 Å². The number of likely N-dealkylation sites (tertiary alicyclic amines) is 1. The van der Waals surface area contributed by atoms with E-state index < -0.39 is 0 Å². The van der Waals surface area contributed by atoms with Crippen molar-refractivity contribution in [1.82, 2.24) is 25.2 Å². The molecule has 0 aromatic carbocycles. The maximum Gasteiger partial charge on any atom is 0.274 e. The molecule has 1 aliphatic rings. The molecule has 136 valence electrons. The normalized spacial score (nSPS) is 15.7. The summed E-state index contributed by atoms with van der Waals surface area (Å²) in [6, 6.07) is 1.77. The largest absolute Gasteiger partial charge is 0.384 e. The molecule has 3 rings (SSSR count). The third-order valence-corrected chi connectivity index (χ3v) is 4.14. The molecule has 9 heteroatoms. The zero-order valence-electron chi connectivity index (χ0n) is 14.5. The van der Waals surface area contributed by atoms with Crippen LogP contribution >= 0.6 is 0 Å². The number of carbonyl (C=O) groups is 1. The number of rotatable bonds is 7. The van der Waals surface area contributed by atoms with Gasteiger partial charge in [0, 0.05) is 32.3 Å². The standard InChI is InChI=1S/C16H23N5O4/c1-11-9-13(19-18-11)16(22)21-6-3-12(4-7-21)24-10-15-17-14(20-25-15)5-8-23-2/h9,12H,3-8,10H2,1-2H3,(H,18,19). The highest BCUT2D eigenvalue weighted by molar-refractivity contribution is 5.92. The predicted octanol–water partition coefficient (Wildman–Crippen LogP) is 1.11. The molecule has 0 aliphatic carbocycles. The molecule has 1 amide bonds. The Balaban J connectivity index is 1.42. The summed E-state index contributed by atoms with van der Waals surface area (Å²) in [5, 5.41) is 10.7. The van der Waals surface area contributed by atoms with Gasteiger partial charge in [-0.05, 0) is 25.8 Å². The fraction of sp³-hybridized carbons (Fsp3) is 0.625. The van der Waals surface area contributed by atoms with Crippen molar-refractivity contribution >= 4 is 5.91 Å². The van der Waals surface area contributed by atoms with Gasteiger partial charge in [-0.2, -0.15) is 10.1 Å². The van der Waals surface area contributed by atoms with Gasteiger partial charge in [-0.3, -0.25) is 9.89 Å². The first kappa shape index (κ1) is 17.6. The number of methoxy groups -OCH3 is 1. The lowest BCUT2D eigenvalue weighted by atomic mass is 10.1. The van der Waals surface area contributed by atoms with E-state index in [1.54, 1.807) is 13.2 Å². The summed E-state index contributed by atoms with van der Waals surface area (Å²) in [6.07, 6.45) is 2.26. The van der Waals surface area contributed by atoms with Gasteiger partial charge in [-0.15, -0.1) is 0 Å². The number of ether oxygens (including phenoxy) is 2. The first-order valence-electron chi connectivity index (χ1n) is 8.39. The van der Waals surface area contributed by atoms with E-state index in [9.17, 15) is 4.79 Å². The van der Waals surface area contributed by atoms with E-state index in [4.69, 9.17) is 14.0 Å². The second-order valence-electron chi connectivity index (χ2n) is 6.09. The number of aromatic nitrogens is 4. The van der Waals surface area contributed by atoms with Gasteiger partial charge in [0.1, 0.15) is 12.3 Å². The third kappa shape index (κ3) is 4.64. The number of nitrogens with one attached hydrogen (secondary N) is 1. The van der Waals surface area contributed by atoms with Gasteiger partial charge in [0.25, 0.3) is 11.8 Å². The molecule has 0 bridgehead atoms. The molecular weight excluding hydrogens is 326 g/mol. The molecule has 1 saturated heterocycles. The third-order valence-electron chi connectivity index (χ3n) is 4.14. The lowest BCUT2D eigenvalue weighted by molar-refractivity contribution is -0.00988. The van der Waals surface area contributed by atoms with E-state index in [2.05, 4.69) is 20.3 Å². The molecule has 9 nitrogen and oxygen atoms in total. The molecule has 2 aromatic rings. The van der Waals surface area contributed by atoms with Crippen LogP contribution in [0.15, 0.2) is 10.6 Å². The molecule has 0 unspecified atom stereocenters. The van der Waals surface area contributed by atoms with E-state index >= 15 is 0 Å². The molecule has 25 heavy (non-hydrogen) atoms. The Kier molecular flexibility index (Phi) is 5.77. The van der Waals surface area contributed by atoms with Gasteiger partial charge in [-0.1, -0.05) is 5.16 Å². The first-order chi connectivity index (χ1) is 12.2. The summed E-state index contributed by atoms with van der Waals surface area (Å²) < 4.78 is 16.0. The Labute approximate surface area is 145 Å². The number of aromatic amines is 1. The minimum Gasteiger partial charge on any atom is -0.384 e. The summed E-state index contributed by atoms with van der Waals surface area (Å²) in [7, 11) is 1.63. The van der Waals surface area contributed by atoms with Crippen molar-refractivity contribution in [2.45, 2.75) is 38.9 Å². The van der Waals surface area contributed by atoms with Crippen LogP contribution in [-0.4, -0.2) is 64.1 Å². The number of aryl methyl sites for hydroxylation is 1. The van der Waals surface area contributed by atoms with Crippen molar-refractivity contribution < 1.29 is 18.8 Å². The van der Waals surface area contributed by atoms with Gasteiger partial charge in [0.2, 0.25) is 0 Å². The van der Waals surface area contributed by atoms with Crippen LogP contribution in [0.1, 0.15) is 40.7 Å². The van der Waals surface area contributed by atoms with Crippen LogP contribution in [0.2, 0.25) is 0 Å². The Morgan fingerprint density at radius 3 is 2.92 bits per heavy atom. The highest BCUT2D eigenvalue weighted by atomic mass is 16.5. The SMILES string of the molecule is COCCc1noc(COC2CCN(C(=O)c3cc(C)[nH]n3)CC2)n1. The monoisotopic (exact) mass is 349 g/mol. The maximum absolute atomic E-state index is 12.3. The number of piperidine rings is 1. The Morgan fingerprint density at radius 1 is 1.44 bits per heavy atom. The van der Waals surface area contributed by atoms with E-state index in [1.807, 2.05) is 11.8 Å². The summed E-state index contributed by atoms with van der Waals surface area (Å²) in [5.41, 5.74) is 1.34. The Bertz CT molecular complexity index is 690. The number of amides is 1. The van der Waals surface area contributed by atoms with Gasteiger partial charge in [0.05, 0.1) is 12.7 Å². The van der Waals surface area contributed by atoms with Crippen LogP contribution in [-0.2, 0) is 22.5 Å². The summed E-state index contributed by atoms with van der Waals surface area (Å²) in [4.78, 5) is 18.4. The van der Waals surface area contributed by atoms with Crippen LogP contribution in [0.3, 0.4) is 0 Å². The van der Waals surface area contributed by atoms with Crippen LogP contribution < -0.4 is 0 Å². The first-order valence-corrected chi connectivity index (χ1v) is 8.39. The second kappa shape index (κ2) is 8.21. The second-order valence-corrected chi connectivity index (χ2v) is 6.09. The molecule has 3 heterocycles. The van der Waals surface area contributed by atoms with Gasteiger partial charge >= 0.3 is 0 Å². The number of hydrogen-bond donors (Lipinski definition) is 1. The van der Waals surface area contributed by atoms with Crippen molar-refractivity contribution in [3.05, 3.63) is 29.2 Å². The van der Waals surface area contributed by atoms with Crippen LogP contribution in [0.5, 0.6) is 0 Å². The number of nitrogens with zero attached hydrogens (tertiary/aromatic N) is 4. The summed E-state index contributed by atoms with van der Waals surface area (Å²) in [5.74, 6) is 1.05. The van der Waals surface area contributed by atoms with E-state index in [-0.39, 0.29) is 18.6 Å². The zero-order chi connectivity index (χ0) is 17.6. The zero-order valence-corrected chi connectivity index (χ0v) is 14.5. The molecular formula is C16H23N5O4. The highest BCUT2D eigenvalue weighted by Gasteiger charge is 2.25. The average molecular weight is 349 g/mol. The fourth-order valence-electron chi connectivity index (χ4n) is 2.75. The quantitative estimate of drug-likeness (QED) is 0.798. The molecule has 0 spiro atoms. The summed E-state index contributed by atoms with van der Waals surface area (Å²) >= 11 is 0. The van der Waals surface area contributed by atoms with Crippen LogP contribution in [0.25, 0.3) is 0 Å². The molecule has 0 saturated carbocycles. The van der Waals surface area contributed by atoms with Crippen LogP contribution in [0, 0.1) is 6.92 Å². The lowest BCUT2D eigenvalue weighted by Crippen LogP contribution is -2.41. The van der Waals surface area contributed by atoms with Gasteiger partial charge in [-0.25, -0.2) is 0 Å². The minimum atomic E-state index is -0.0394. The fourth-order valence-corrected chi connectivity index (χ4v) is 2.75. The topological polar surface area (TPSA) is 106 Å². The minimum absolute atomic E-state index is 0.0394. The predicted molar refractivity (Wildman–Crippen MR) is 86.9 cm³/mol. The van der Waals surface area contributed by atoms with Crippen molar-refractivity contribution in [3.63, 3.8) is 0 Å². The Morgan fingerprint density at radius 2 is 2.24 bits per heavy atom. The number of carbonyl (C=O) groups excluding carboxylic acids is 1.